The number of thiazole rings is 1. The van der Waals surface area contributed by atoms with E-state index in [1.54, 1.807) is 11.3 Å². The first-order valence-electron chi connectivity index (χ1n) is 7.59. The third-order valence-electron chi connectivity index (χ3n) is 4.23. The second kappa shape index (κ2) is 5.32. The van der Waals surface area contributed by atoms with Crippen LogP contribution in [0.2, 0.25) is 0 Å². The molecule has 0 saturated heterocycles. The second-order valence-electron chi connectivity index (χ2n) is 5.92. The number of anilines is 1. The first kappa shape index (κ1) is 14.2. The zero-order chi connectivity index (χ0) is 16.0. The van der Waals surface area contributed by atoms with Crippen LogP contribution in [0.4, 0.5) is 5.69 Å². The molecule has 1 atom stereocenters. The zero-order valence-electron chi connectivity index (χ0n) is 13.0. The van der Waals surface area contributed by atoms with Gasteiger partial charge in [-0.05, 0) is 37.6 Å². The molecule has 0 bridgehead atoms. The minimum atomic E-state index is -0.0974. The van der Waals surface area contributed by atoms with Crippen LogP contribution in [0.5, 0.6) is 0 Å². The van der Waals surface area contributed by atoms with Crippen LogP contribution in [0.15, 0.2) is 47.8 Å². The highest BCUT2D eigenvalue weighted by molar-refractivity contribution is 7.13. The number of nitrogens with one attached hydrogen (secondary N) is 1. The van der Waals surface area contributed by atoms with Gasteiger partial charge in [0.2, 0.25) is 5.91 Å². The van der Waals surface area contributed by atoms with Gasteiger partial charge < -0.3 is 5.32 Å². The maximum absolute atomic E-state index is 11.8. The summed E-state index contributed by atoms with van der Waals surface area (Å²) >= 11 is 1.65. The predicted octanol–water partition coefficient (Wildman–Crippen LogP) is 4.84. The zero-order valence-corrected chi connectivity index (χ0v) is 13.8. The van der Waals surface area contributed by atoms with Gasteiger partial charge in [0, 0.05) is 22.2 Å². The molecule has 0 fully saturated rings. The van der Waals surface area contributed by atoms with Crippen LogP contribution in [0.3, 0.4) is 0 Å². The number of rotatable bonds is 2. The monoisotopic (exact) mass is 320 g/mol. The van der Waals surface area contributed by atoms with E-state index in [2.05, 4.69) is 48.0 Å². The standard InChI is InChI=1S/C19H16N2OS/c1-11-4-3-5-14(8-11)19-21-17(10-23-19)13-6-7-16-15(9-13)12(2)18(22)20-16/h3-10,12H,1-2H3,(H,20,22)/t12-/m1/s1. The normalized spacial score (nSPS) is 16.3. The molecule has 114 valence electrons. The Morgan fingerprint density at radius 3 is 2.83 bits per heavy atom. The summed E-state index contributed by atoms with van der Waals surface area (Å²) in [4.78, 5) is 16.5. The second-order valence-corrected chi connectivity index (χ2v) is 6.78. The van der Waals surface area contributed by atoms with Crippen LogP contribution in [0.1, 0.15) is 24.0 Å². The first-order chi connectivity index (χ1) is 11.1. The van der Waals surface area contributed by atoms with Gasteiger partial charge in [0.25, 0.3) is 0 Å². The van der Waals surface area contributed by atoms with Crippen molar-refractivity contribution in [2.45, 2.75) is 19.8 Å². The van der Waals surface area contributed by atoms with Gasteiger partial charge in [0.05, 0.1) is 11.6 Å². The van der Waals surface area contributed by atoms with Gasteiger partial charge in [-0.2, -0.15) is 0 Å². The third kappa shape index (κ3) is 2.45. The minimum Gasteiger partial charge on any atom is -0.325 e. The Kier molecular flexibility index (Phi) is 3.27. The molecule has 3 aromatic rings. The van der Waals surface area contributed by atoms with Gasteiger partial charge >= 0.3 is 0 Å². The average Bonchev–Trinajstić information content (AvgIpc) is 3.14. The van der Waals surface area contributed by atoms with Crippen LogP contribution < -0.4 is 5.32 Å². The lowest BCUT2D eigenvalue weighted by Crippen LogP contribution is -2.08. The number of hydrogen-bond donors (Lipinski definition) is 1. The summed E-state index contributed by atoms with van der Waals surface area (Å²) in [5.41, 5.74) is 6.36. The predicted molar refractivity (Wildman–Crippen MR) is 94.8 cm³/mol. The maximum Gasteiger partial charge on any atom is 0.231 e. The number of aromatic nitrogens is 1. The molecule has 23 heavy (non-hydrogen) atoms. The molecule has 3 nitrogen and oxygen atoms in total. The van der Waals surface area contributed by atoms with E-state index in [1.165, 1.54) is 5.56 Å². The van der Waals surface area contributed by atoms with Crippen molar-refractivity contribution in [3.63, 3.8) is 0 Å². The number of carbonyl (C=O) groups is 1. The van der Waals surface area contributed by atoms with Crippen LogP contribution in [-0.4, -0.2) is 10.9 Å². The highest BCUT2D eigenvalue weighted by Gasteiger charge is 2.26. The third-order valence-corrected chi connectivity index (χ3v) is 5.13. The molecule has 2 aromatic carbocycles. The van der Waals surface area contributed by atoms with Crippen molar-refractivity contribution in [2.24, 2.45) is 0 Å². The average molecular weight is 320 g/mol. The van der Waals surface area contributed by atoms with Crippen molar-refractivity contribution in [3.05, 3.63) is 59.0 Å². The molecule has 1 aliphatic heterocycles. The smallest absolute Gasteiger partial charge is 0.231 e. The van der Waals surface area contributed by atoms with Crippen molar-refractivity contribution in [3.8, 4) is 21.8 Å². The Hall–Kier alpha value is -2.46. The van der Waals surface area contributed by atoms with Crippen molar-refractivity contribution in [1.29, 1.82) is 0 Å². The summed E-state index contributed by atoms with van der Waals surface area (Å²) in [6, 6.07) is 14.4. The molecular weight excluding hydrogens is 304 g/mol. The lowest BCUT2D eigenvalue weighted by atomic mass is 9.99. The quantitative estimate of drug-likeness (QED) is 0.734. The maximum atomic E-state index is 11.8. The molecule has 0 aliphatic carbocycles. The molecule has 0 saturated carbocycles. The number of hydrogen-bond acceptors (Lipinski definition) is 3. The molecular formula is C19H16N2OS. The van der Waals surface area contributed by atoms with E-state index in [0.29, 0.717) is 0 Å². The van der Waals surface area contributed by atoms with Gasteiger partial charge in [-0.15, -0.1) is 11.3 Å². The molecule has 1 aliphatic rings. The number of nitrogens with zero attached hydrogens (tertiary/aromatic N) is 1. The van der Waals surface area contributed by atoms with Gasteiger partial charge in [-0.25, -0.2) is 4.98 Å². The summed E-state index contributed by atoms with van der Waals surface area (Å²) in [6.45, 7) is 4.02. The van der Waals surface area contributed by atoms with Crippen LogP contribution >= 0.6 is 11.3 Å². The molecule has 1 aromatic heterocycles. The Morgan fingerprint density at radius 1 is 1.13 bits per heavy atom. The van der Waals surface area contributed by atoms with Gasteiger partial charge in [-0.1, -0.05) is 29.8 Å². The number of amides is 1. The Labute approximate surface area is 139 Å². The molecule has 0 spiro atoms. The van der Waals surface area contributed by atoms with E-state index in [1.807, 2.05) is 19.1 Å². The summed E-state index contributed by atoms with van der Waals surface area (Å²) < 4.78 is 0. The van der Waals surface area contributed by atoms with Crippen molar-refractivity contribution >= 4 is 22.9 Å². The lowest BCUT2D eigenvalue weighted by Gasteiger charge is -2.04. The van der Waals surface area contributed by atoms with E-state index < -0.39 is 0 Å². The number of benzene rings is 2. The summed E-state index contributed by atoms with van der Waals surface area (Å²) in [5, 5.41) is 6.00. The van der Waals surface area contributed by atoms with E-state index in [4.69, 9.17) is 4.98 Å². The fraction of sp³-hybridized carbons (Fsp3) is 0.158. The van der Waals surface area contributed by atoms with Crippen molar-refractivity contribution < 1.29 is 4.79 Å². The highest BCUT2D eigenvalue weighted by Crippen LogP contribution is 2.36. The molecule has 1 N–H and O–H groups in total. The van der Waals surface area contributed by atoms with Crippen LogP contribution in [-0.2, 0) is 4.79 Å². The summed E-state index contributed by atoms with van der Waals surface area (Å²) in [7, 11) is 0. The molecule has 0 radical (unpaired) electrons. The number of fused-ring (bicyclic) bond motifs is 1. The lowest BCUT2D eigenvalue weighted by molar-refractivity contribution is -0.116. The molecule has 4 heteroatoms. The molecule has 2 heterocycles. The Bertz CT molecular complexity index is 913. The van der Waals surface area contributed by atoms with Crippen molar-refractivity contribution in [1.82, 2.24) is 4.98 Å². The van der Waals surface area contributed by atoms with Gasteiger partial charge in [0.1, 0.15) is 5.01 Å². The number of carbonyl (C=O) groups excluding carboxylic acids is 1. The van der Waals surface area contributed by atoms with Crippen LogP contribution in [0, 0.1) is 6.92 Å². The van der Waals surface area contributed by atoms with E-state index in [9.17, 15) is 4.79 Å². The Balaban J connectivity index is 1.72. The molecule has 1 amide bonds. The first-order valence-corrected chi connectivity index (χ1v) is 8.47. The van der Waals surface area contributed by atoms with E-state index in [0.717, 1.165) is 33.1 Å². The minimum absolute atomic E-state index is 0.0656. The number of aryl methyl sites for hydroxylation is 1. The van der Waals surface area contributed by atoms with Gasteiger partial charge in [-0.3, -0.25) is 4.79 Å². The summed E-state index contributed by atoms with van der Waals surface area (Å²) in [5.74, 6) is -0.0318. The van der Waals surface area contributed by atoms with Gasteiger partial charge in [0.15, 0.2) is 0 Å². The fourth-order valence-corrected chi connectivity index (χ4v) is 3.72. The van der Waals surface area contributed by atoms with E-state index in [-0.39, 0.29) is 11.8 Å². The fourth-order valence-electron chi connectivity index (χ4n) is 2.89. The Morgan fingerprint density at radius 2 is 2.00 bits per heavy atom. The summed E-state index contributed by atoms with van der Waals surface area (Å²) in [6.07, 6.45) is 0. The highest BCUT2D eigenvalue weighted by atomic mass is 32.1. The largest absolute Gasteiger partial charge is 0.325 e. The topological polar surface area (TPSA) is 42.0 Å². The molecule has 4 rings (SSSR count). The van der Waals surface area contributed by atoms with E-state index >= 15 is 0 Å². The SMILES string of the molecule is Cc1cccc(-c2nc(-c3ccc4c(c3)[C@@H](C)C(=O)N4)cs2)c1. The van der Waals surface area contributed by atoms with Crippen LogP contribution in [0.25, 0.3) is 21.8 Å². The molecule has 0 unspecified atom stereocenters. The van der Waals surface area contributed by atoms with Crippen molar-refractivity contribution in [2.75, 3.05) is 5.32 Å².